The van der Waals surface area contributed by atoms with Crippen LogP contribution < -0.4 is 21.7 Å². The van der Waals surface area contributed by atoms with Gasteiger partial charge >= 0.3 is 5.97 Å². The summed E-state index contributed by atoms with van der Waals surface area (Å²) in [5, 5.41) is 18.6. The summed E-state index contributed by atoms with van der Waals surface area (Å²) in [5.41, 5.74) is 8.29. The van der Waals surface area contributed by atoms with Gasteiger partial charge in [0, 0.05) is 41.8 Å². The van der Waals surface area contributed by atoms with Crippen LogP contribution in [-0.4, -0.2) is 67.9 Å². The summed E-state index contributed by atoms with van der Waals surface area (Å²) in [6, 6.07) is 3.48. The topological polar surface area (TPSA) is 195 Å². The van der Waals surface area contributed by atoms with Crippen molar-refractivity contribution in [2.45, 2.75) is 71.1 Å². The second-order valence-electron chi connectivity index (χ2n) is 10.8. The van der Waals surface area contributed by atoms with Crippen molar-refractivity contribution >= 4 is 34.6 Å². The van der Waals surface area contributed by atoms with E-state index in [0.717, 1.165) is 16.5 Å². The molecular formula is C28H39N7O5. The van der Waals surface area contributed by atoms with Crippen LogP contribution in [0.25, 0.3) is 10.9 Å². The zero-order valence-electron chi connectivity index (χ0n) is 23.2. The summed E-state index contributed by atoms with van der Waals surface area (Å²) in [6.45, 7) is 7.39. The van der Waals surface area contributed by atoms with Gasteiger partial charge in [-0.1, -0.05) is 45.9 Å². The number of hydrogen-bond donors (Lipinski definition) is 7. The smallest absolute Gasteiger partial charge is 0.326 e. The number of carboxylic acid groups (broad SMARTS) is 1. The zero-order chi connectivity index (χ0) is 29.4. The number of aromatic amines is 2. The van der Waals surface area contributed by atoms with Gasteiger partial charge in [0.05, 0.1) is 12.4 Å². The van der Waals surface area contributed by atoms with Gasteiger partial charge in [0.15, 0.2) is 0 Å². The van der Waals surface area contributed by atoms with Crippen molar-refractivity contribution in [1.29, 1.82) is 0 Å². The molecule has 2 aromatic heterocycles. The number of carbonyl (C=O) groups is 4. The molecule has 0 aliphatic carbocycles. The molecule has 0 fully saturated rings. The molecule has 216 valence electrons. The number of H-pyrrole nitrogens is 2. The van der Waals surface area contributed by atoms with Crippen molar-refractivity contribution in [2.75, 3.05) is 0 Å². The minimum absolute atomic E-state index is 0.00274. The van der Waals surface area contributed by atoms with E-state index in [-0.39, 0.29) is 31.1 Å². The van der Waals surface area contributed by atoms with Crippen LogP contribution in [0.3, 0.4) is 0 Å². The lowest BCUT2D eigenvalue weighted by Gasteiger charge is -2.26. The fourth-order valence-corrected chi connectivity index (χ4v) is 4.36. The third kappa shape index (κ3) is 8.15. The van der Waals surface area contributed by atoms with Crippen LogP contribution in [0.2, 0.25) is 0 Å². The van der Waals surface area contributed by atoms with Crippen LogP contribution in [0.4, 0.5) is 0 Å². The highest BCUT2D eigenvalue weighted by Crippen LogP contribution is 2.19. The molecule has 40 heavy (non-hydrogen) atoms. The number of nitrogens with one attached hydrogen (secondary N) is 5. The molecule has 3 rings (SSSR count). The Kier molecular flexibility index (Phi) is 10.4. The van der Waals surface area contributed by atoms with Gasteiger partial charge < -0.3 is 36.8 Å². The van der Waals surface area contributed by atoms with Gasteiger partial charge in [-0.05, 0) is 29.9 Å². The first-order valence-electron chi connectivity index (χ1n) is 13.4. The van der Waals surface area contributed by atoms with Crippen LogP contribution in [0.1, 0.15) is 45.4 Å². The van der Waals surface area contributed by atoms with Gasteiger partial charge in [0.1, 0.15) is 18.1 Å². The van der Waals surface area contributed by atoms with E-state index < -0.39 is 47.9 Å². The SMILES string of the molecule is CC(C)CC(NC(=O)C(Cc1c[nH]c2ccccc12)NC(=O)C(N)C(C)C)C(=O)NC(Cc1cnc[nH]1)C(=O)O. The van der Waals surface area contributed by atoms with Crippen LogP contribution in [-0.2, 0) is 32.0 Å². The Balaban J connectivity index is 1.82. The fourth-order valence-electron chi connectivity index (χ4n) is 4.36. The van der Waals surface area contributed by atoms with Gasteiger partial charge in [0.25, 0.3) is 0 Å². The van der Waals surface area contributed by atoms with Gasteiger partial charge in [0.2, 0.25) is 17.7 Å². The number of benzene rings is 1. The van der Waals surface area contributed by atoms with Crippen molar-refractivity contribution in [3.8, 4) is 0 Å². The largest absolute Gasteiger partial charge is 0.480 e. The van der Waals surface area contributed by atoms with Crippen LogP contribution in [0.15, 0.2) is 43.0 Å². The standard InChI is InChI=1S/C28H39N7O5/c1-15(2)9-21(25(36)35-23(28(39)40)11-18-13-30-14-32-18)33-26(37)22(34-27(38)24(29)16(3)4)10-17-12-31-20-8-6-5-7-19(17)20/h5-8,12-16,21-24,31H,9-11,29H2,1-4H3,(H,30,32)(H,33,37)(H,34,38)(H,35,36)(H,39,40). The number of aromatic nitrogens is 3. The van der Waals surface area contributed by atoms with E-state index in [9.17, 15) is 24.3 Å². The molecular weight excluding hydrogens is 514 g/mol. The minimum Gasteiger partial charge on any atom is -0.480 e. The van der Waals surface area contributed by atoms with Gasteiger partial charge in [-0.2, -0.15) is 0 Å². The van der Waals surface area contributed by atoms with Crippen LogP contribution in [0.5, 0.6) is 0 Å². The molecule has 1 aromatic carbocycles. The number of aliphatic carboxylic acids is 1. The van der Waals surface area contributed by atoms with Crippen molar-refractivity contribution < 1.29 is 24.3 Å². The second kappa shape index (κ2) is 13.7. The molecule has 8 N–H and O–H groups in total. The molecule has 0 aliphatic heterocycles. The summed E-state index contributed by atoms with van der Waals surface area (Å²) < 4.78 is 0. The Hall–Kier alpha value is -4.19. The lowest BCUT2D eigenvalue weighted by molar-refractivity contribution is -0.142. The monoisotopic (exact) mass is 553 g/mol. The van der Waals surface area contributed by atoms with E-state index >= 15 is 0 Å². The number of carbonyl (C=O) groups excluding carboxylic acids is 3. The molecule has 0 aliphatic rings. The number of nitrogens with zero attached hydrogens (tertiary/aromatic N) is 1. The summed E-state index contributed by atoms with van der Waals surface area (Å²) in [4.78, 5) is 61.5. The lowest BCUT2D eigenvalue weighted by Crippen LogP contribution is -2.58. The predicted octanol–water partition coefficient (Wildman–Crippen LogP) is 1.24. The number of imidazole rings is 1. The Morgan fingerprint density at radius 1 is 0.900 bits per heavy atom. The maximum Gasteiger partial charge on any atom is 0.326 e. The lowest BCUT2D eigenvalue weighted by atomic mass is 9.99. The quantitative estimate of drug-likeness (QED) is 0.156. The summed E-state index contributed by atoms with van der Waals surface area (Å²) >= 11 is 0. The average molecular weight is 554 g/mol. The number of carboxylic acids is 1. The maximum absolute atomic E-state index is 13.6. The van der Waals surface area contributed by atoms with E-state index in [1.54, 1.807) is 6.20 Å². The van der Waals surface area contributed by atoms with Gasteiger partial charge in [-0.15, -0.1) is 0 Å². The highest BCUT2D eigenvalue weighted by molar-refractivity contribution is 5.95. The molecule has 4 atom stereocenters. The number of nitrogens with two attached hydrogens (primary N) is 1. The molecule has 0 saturated heterocycles. The van der Waals surface area contributed by atoms with E-state index in [2.05, 4.69) is 30.9 Å². The molecule has 0 radical (unpaired) electrons. The van der Waals surface area contributed by atoms with Crippen molar-refractivity contribution in [3.05, 3.63) is 54.2 Å². The zero-order valence-corrected chi connectivity index (χ0v) is 23.2. The van der Waals surface area contributed by atoms with Crippen molar-refractivity contribution in [2.24, 2.45) is 17.6 Å². The van der Waals surface area contributed by atoms with Crippen LogP contribution in [0, 0.1) is 11.8 Å². The van der Waals surface area contributed by atoms with Gasteiger partial charge in [-0.3, -0.25) is 14.4 Å². The Bertz CT molecular complexity index is 1300. The Morgan fingerprint density at radius 2 is 1.55 bits per heavy atom. The fraction of sp³-hybridized carbons (Fsp3) is 0.464. The third-order valence-electron chi connectivity index (χ3n) is 6.69. The number of fused-ring (bicyclic) bond motifs is 1. The third-order valence-corrected chi connectivity index (χ3v) is 6.69. The van der Waals surface area contributed by atoms with E-state index in [1.807, 2.05) is 52.0 Å². The first kappa shape index (κ1) is 30.4. The van der Waals surface area contributed by atoms with Crippen molar-refractivity contribution in [1.82, 2.24) is 30.9 Å². The average Bonchev–Trinajstić information content (AvgIpc) is 3.56. The van der Waals surface area contributed by atoms with Gasteiger partial charge in [-0.25, -0.2) is 9.78 Å². The molecule has 0 spiro atoms. The summed E-state index contributed by atoms with van der Waals surface area (Å²) in [7, 11) is 0. The molecule has 3 amide bonds. The van der Waals surface area contributed by atoms with E-state index in [0.29, 0.717) is 5.69 Å². The number of para-hydroxylation sites is 1. The first-order chi connectivity index (χ1) is 19.0. The Morgan fingerprint density at radius 3 is 2.17 bits per heavy atom. The van der Waals surface area contributed by atoms with E-state index in [4.69, 9.17) is 5.73 Å². The van der Waals surface area contributed by atoms with Crippen LogP contribution >= 0.6 is 0 Å². The maximum atomic E-state index is 13.6. The normalized spacial score (nSPS) is 14.5. The summed E-state index contributed by atoms with van der Waals surface area (Å²) in [6.07, 6.45) is 5.09. The minimum atomic E-state index is -1.23. The number of hydrogen-bond acceptors (Lipinski definition) is 6. The molecule has 2 heterocycles. The molecule has 12 heteroatoms. The highest BCUT2D eigenvalue weighted by Gasteiger charge is 2.32. The molecule has 12 nitrogen and oxygen atoms in total. The number of amides is 3. The van der Waals surface area contributed by atoms with Crippen molar-refractivity contribution in [3.63, 3.8) is 0 Å². The molecule has 4 unspecified atom stereocenters. The second-order valence-corrected chi connectivity index (χ2v) is 10.8. The highest BCUT2D eigenvalue weighted by atomic mass is 16.4. The molecule has 0 saturated carbocycles. The van der Waals surface area contributed by atoms with E-state index in [1.165, 1.54) is 12.5 Å². The Labute approximate surface area is 232 Å². The molecule has 0 bridgehead atoms. The molecule has 3 aromatic rings. The number of rotatable bonds is 14. The predicted molar refractivity (Wildman–Crippen MR) is 150 cm³/mol. The first-order valence-corrected chi connectivity index (χ1v) is 13.4. The summed E-state index contributed by atoms with van der Waals surface area (Å²) in [5.74, 6) is -3.06.